The Bertz CT molecular complexity index is 370. The van der Waals surface area contributed by atoms with Crippen LogP contribution in [0.1, 0.15) is 36.7 Å². The quantitative estimate of drug-likeness (QED) is 0.831. The second-order valence-electron chi connectivity index (χ2n) is 4.08. The van der Waals surface area contributed by atoms with Crippen molar-refractivity contribution in [2.24, 2.45) is 5.92 Å². The fourth-order valence-corrected chi connectivity index (χ4v) is 1.41. The molecule has 1 atom stereocenters. The third kappa shape index (κ3) is 2.17. The van der Waals surface area contributed by atoms with Crippen molar-refractivity contribution in [2.45, 2.75) is 26.4 Å². The van der Waals surface area contributed by atoms with Gasteiger partial charge in [-0.3, -0.25) is 0 Å². The lowest BCUT2D eigenvalue weighted by molar-refractivity contribution is 0.0677. The maximum Gasteiger partial charge on any atom is 0.336 e. The molecule has 0 aliphatic carbocycles. The van der Waals surface area contributed by atoms with Gasteiger partial charge in [0.15, 0.2) is 0 Å². The van der Waals surface area contributed by atoms with Crippen LogP contribution in [-0.4, -0.2) is 11.1 Å². The van der Waals surface area contributed by atoms with Gasteiger partial charge in [-0.15, -0.1) is 0 Å². The smallest absolute Gasteiger partial charge is 0.336 e. The second kappa shape index (κ2) is 4.01. The molecular formula is C12H15FO2. The van der Waals surface area contributed by atoms with Gasteiger partial charge in [-0.1, -0.05) is 32.0 Å². The first-order chi connectivity index (χ1) is 6.87. The molecule has 1 rings (SSSR count). The summed E-state index contributed by atoms with van der Waals surface area (Å²) >= 11 is 0. The molecule has 0 radical (unpaired) electrons. The largest absolute Gasteiger partial charge is 0.478 e. The average Bonchev–Trinajstić information content (AvgIpc) is 2.17. The van der Waals surface area contributed by atoms with Crippen LogP contribution < -0.4 is 0 Å². The number of carbonyl (C=O) groups is 1. The predicted molar refractivity (Wildman–Crippen MR) is 56.7 cm³/mol. The summed E-state index contributed by atoms with van der Waals surface area (Å²) in [6.45, 7) is 4.89. The fourth-order valence-electron chi connectivity index (χ4n) is 1.41. The number of rotatable bonds is 3. The number of hydrogen-bond donors (Lipinski definition) is 1. The first-order valence-corrected chi connectivity index (χ1v) is 4.89. The van der Waals surface area contributed by atoms with Gasteiger partial charge in [0.1, 0.15) is 5.67 Å². The Morgan fingerprint density at radius 1 is 1.40 bits per heavy atom. The third-order valence-electron chi connectivity index (χ3n) is 2.77. The van der Waals surface area contributed by atoms with E-state index in [-0.39, 0.29) is 17.0 Å². The van der Waals surface area contributed by atoms with Crippen LogP contribution in [0.25, 0.3) is 0 Å². The molecule has 0 fully saturated rings. The average molecular weight is 210 g/mol. The molecule has 0 aliphatic heterocycles. The Balaban J connectivity index is 3.31. The molecule has 0 saturated carbocycles. The molecule has 1 aromatic carbocycles. The highest BCUT2D eigenvalue weighted by Gasteiger charge is 2.33. The van der Waals surface area contributed by atoms with Crippen molar-refractivity contribution < 1.29 is 14.3 Å². The van der Waals surface area contributed by atoms with Crippen molar-refractivity contribution in [3.8, 4) is 0 Å². The molecule has 1 unspecified atom stereocenters. The van der Waals surface area contributed by atoms with Crippen LogP contribution in [0.2, 0.25) is 0 Å². The Morgan fingerprint density at radius 2 is 1.93 bits per heavy atom. The molecule has 0 aromatic heterocycles. The summed E-state index contributed by atoms with van der Waals surface area (Å²) in [6.07, 6.45) is 0. The van der Waals surface area contributed by atoms with Crippen LogP contribution in [0.5, 0.6) is 0 Å². The molecule has 0 aliphatic rings. The number of hydrogen-bond acceptors (Lipinski definition) is 1. The van der Waals surface area contributed by atoms with Gasteiger partial charge in [0.05, 0.1) is 5.56 Å². The van der Waals surface area contributed by atoms with Crippen LogP contribution in [0.4, 0.5) is 4.39 Å². The van der Waals surface area contributed by atoms with Gasteiger partial charge >= 0.3 is 5.97 Å². The number of benzene rings is 1. The van der Waals surface area contributed by atoms with E-state index in [9.17, 15) is 9.18 Å². The minimum atomic E-state index is -1.62. The predicted octanol–water partition coefficient (Wildman–Crippen LogP) is 3.23. The summed E-state index contributed by atoms with van der Waals surface area (Å²) in [7, 11) is 0. The highest BCUT2D eigenvalue weighted by Crippen LogP contribution is 2.35. The maximum atomic E-state index is 14.3. The molecule has 0 amide bonds. The van der Waals surface area contributed by atoms with E-state index in [1.807, 2.05) is 0 Å². The normalized spacial score (nSPS) is 15.0. The first-order valence-electron chi connectivity index (χ1n) is 4.89. The number of carboxylic acid groups (broad SMARTS) is 1. The third-order valence-corrected chi connectivity index (χ3v) is 2.77. The highest BCUT2D eigenvalue weighted by atomic mass is 19.1. The van der Waals surface area contributed by atoms with E-state index in [2.05, 4.69) is 0 Å². The lowest BCUT2D eigenvalue weighted by atomic mass is 9.84. The Labute approximate surface area is 88.7 Å². The number of alkyl halides is 1. The Kier molecular flexibility index (Phi) is 3.12. The zero-order chi connectivity index (χ0) is 11.6. The van der Waals surface area contributed by atoms with E-state index in [1.165, 1.54) is 19.1 Å². The van der Waals surface area contributed by atoms with E-state index in [4.69, 9.17) is 5.11 Å². The van der Waals surface area contributed by atoms with Crippen molar-refractivity contribution in [1.82, 2.24) is 0 Å². The van der Waals surface area contributed by atoms with Gasteiger partial charge in [-0.25, -0.2) is 9.18 Å². The van der Waals surface area contributed by atoms with E-state index < -0.39 is 11.6 Å². The van der Waals surface area contributed by atoms with Crippen LogP contribution in [0.3, 0.4) is 0 Å². The molecule has 0 spiro atoms. The molecule has 0 saturated heterocycles. The standard InChI is InChI=1S/C12H15FO2/c1-8(2)12(3,13)10-7-5-4-6-9(10)11(14)15/h4-8H,1-3H3,(H,14,15). The van der Waals surface area contributed by atoms with Crippen LogP contribution in [0.15, 0.2) is 24.3 Å². The van der Waals surface area contributed by atoms with E-state index in [0.29, 0.717) is 0 Å². The molecule has 1 N–H and O–H groups in total. The Hall–Kier alpha value is -1.38. The first kappa shape index (κ1) is 11.7. The van der Waals surface area contributed by atoms with Crippen molar-refractivity contribution in [1.29, 1.82) is 0 Å². The maximum absolute atomic E-state index is 14.3. The van der Waals surface area contributed by atoms with Gasteiger partial charge in [0, 0.05) is 5.56 Å². The van der Waals surface area contributed by atoms with Crippen molar-refractivity contribution in [3.05, 3.63) is 35.4 Å². The van der Waals surface area contributed by atoms with Gasteiger partial charge < -0.3 is 5.11 Å². The van der Waals surface area contributed by atoms with E-state index in [1.54, 1.807) is 26.0 Å². The van der Waals surface area contributed by atoms with Gasteiger partial charge in [-0.2, -0.15) is 0 Å². The minimum absolute atomic E-state index is 0.0381. The van der Waals surface area contributed by atoms with Crippen LogP contribution >= 0.6 is 0 Å². The molecule has 2 nitrogen and oxygen atoms in total. The summed E-state index contributed by atoms with van der Waals surface area (Å²) in [5.41, 5.74) is -1.33. The van der Waals surface area contributed by atoms with Gasteiger partial charge in [0.2, 0.25) is 0 Å². The fraction of sp³-hybridized carbons (Fsp3) is 0.417. The monoisotopic (exact) mass is 210 g/mol. The molecular weight excluding hydrogens is 195 g/mol. The van der Waals surface area contributed by atoms with Gasteiger partial charge in [0.25, 0.3) is 0 Å². The molecule has 1 aromatic rings. The zero-order valence-electron chi connectivity index (χ0n) is 9.12. The molecule has 0 heterocycles. The minimum Gasteiger partial charge on any atom is -0.478 e. The van der Waals surface area contributed by atoms with Gasteiger partial charge in [-0.05, 0) is 18.9 Å². The van der Waals surface area contributed by atoms with Crippen molar-refractivity contribution >= 4 is 5.97 Å². The molecule has 0 bridgehead atoms. The Morgan fingerprint density at radius 3 is 2.40 bits per heavy atom. The molecule has 3 heteroatoms. The summed E-state index contributed by atoms with van der Waals surface area (Å²) in [5, 5.41) is 8.94. The highest BCUT2D eigenvalue weighted by molar-refractivity contribution is 5.89. The van der Waals surface area contributed by atoms with Crippen molar-refractivity contribution in [3.63, 3.8) is 0 Å². The topological polar surface area (TPSA) is 37.3 Å². The summed E-state index contributed by atoms with van der Waals surface area (Å²) in [6, 6.07) is 6.21. The van der Waals surface area contributed by atoms with Crippen LogP contribution in [-0.2, 0) is 5.67 Å². The lowest BCUT2D eigenvalue weighted by Gasteiger charge is -2.26. The van der Waals surface area contributed by atoms with Crippen molar-refractivity contribution in [2.75, 3.05) is 0 Å². The van der Waals surface area contributed by atoms with E-state index >= 15 is 0 Å². The van der Waals surface area contributed by atoms with Crippen LogP contribution in [0, 0.1) is 5.92 Å². The zero-order valence-corrected chi connectivity index (χ0v) is 9.12. The number of carboxylic acids is 1. The SMILES string of the molecule is CC(C)C(C)(F)c1ccccc1C(=O)O. The lowest BCUT2D eigenvalue weighted by Crippen LogP contribution is -2.25. The van der Waals surface area contributed by atoms with E-state index in [0.717, 1.165) is 0 Å². The number of halogens is 1. The summed E-state index contributed by atoms with van der Waals surface area (Å²) in [4.78, 5) is 10.9. The molecule has 82 valence electrons. The number of aromatic carboxylic acids is 1. The molecule has 15 heavy (non-hydrogen) atoms. The summed E-state index contributed by atoms with van der Waals surface area (Å²) < 4.78 is 14.3. The summed E-state index contributed by atoms with van der Waals surface area (Å²) in [5.74, 6) is -1.35. The second-order valence-corrected chi connectivity index (χ2v) is 4.08.